The number of carbonyl (C=O) groups excluding carboxylic acids is 1. The van der Waals surface area contributed by atoms with Crippen molar-refractivity contribution in [3.05, 3.63) is 0 Å². The maximum atomic E-state index is 12.3. The lowest BCUT2D eigenvalue weighted by Crippen LogP contribution is -2.61. The van der Waals surface area contributed by atoms with Crippen LogP contribution in [0.4, 0.5) is 0 Å². The van der Waals surface area contributed by atoms with Gasteiger partial charge in [-0.05, 0) is 63.2 Å². The SMILES string of the molecule is CCN(C(=O)CCN)C12CC3CC(CC(C3)C1)C2. The van der Waals surface area contributed by atoms with Gasteiger partial charge in [0.2, 0.25) is 5.91 Å². The molecule has 0 saturated heterocycles. The molecule has 0 heterocycles. The van der Waals surface area contributed by atoms with Gasteiger partial charge in [-0.15, -0.1) is 0 Å². The minimum absolute atomic E-state index is 0.218. The van der Waals surface area contributed by atoms with E-state index in [2.05, 4.69) is 11.8 Å². The first-order valence-corrected chi connectivity index (χ1v) is 7.67. The molecule has 0 aromatic carbocycles. The lowest BCUT2D eigenvalue weighted by Gasteiger charge is -2.60. The fourth-order valence-electron chi connectivity index (χ4n) is 5.43. The summed E-state index contributed by atoms with van der Waals surface area (Å²) in [5.41, 5.74) is 5.78. The summed E-state index contributed by atoms with van der Waals surface area (Å²) in [7, 11) is 0. The van der Waals surface area contributed by atoms with Gasteiger partial charge in [-0.2, -0.15) is 0 Å². The molecule has 4 aliphatic carbocycles. The molecule has 3 heteroatoms. The molecule has 4 fully saturated rings. The van der Waals surface area contributed by atoms with Gasteiger partial charge in [-0.25, -0.2) is 0 Å². The minimum Gasteiger partial charge on any atom is -0.337 e. The van der Waals surface area contributed by atoms with Crippen LogP contribution in [0.3, 0.4) is 0 Å². The predicted octanol–water partition coefficient (Wildman–Crippen LogP) is 2.15. The third-order valence-electron chi connectivity index (χ3n) is 5.55. The van der Waals surface area contributed by atoms with Crippen molar-refractivity contribution in [3.63, 3.8) is 0 Å². The molecule has 102 valence electrons. The Bertz CT molecular complexity index is 304. The first kappa shape index (κ1) is 12.5. The van der Waals surface area contributed by atoms with E-state index in [-0.39, 0.29) is 5.54 Å². The Hall–Kier alpha value is -0.570. The standard InChI is InChI=1S/C15H26N2O/c1-2-17(14(18)3-4-16)15-8-11-5-12(9-15)7-13(6-11)10-15/h11-13H,2-10,16H2,1H3. The van der Waals surface area contributed by atoms with Crippen molar-refractivity contribution in [3.8, 4) is 0 Å². The molecular formula is C15H26N2O. The van der Waals surface area contributed by atoms with Gasteiger partial charge in [0.15, 0.2) is 0 Å². The van der Waals surface area contributed by atoms with Gasteiger partial charge in [0.05, 0.1) is 0 Å². The summed E-state index contributed by atoms with van der Waals surface area (Å²) >= 11 is 0. The van der Waals surface area contributed by atoms with Crippen LogP contribution in [0, 0.1) is 17.8 Å². The fraction of sp³-hybridized carbons (Fsp3) is 0.933. The highest BCUT2D eigenvalue weighted by Gasteiger charge is 2.54. The van der Waals surface area contributed by atoms with E-state index in [0.717, 1.165) is 24.3 Å². The Morgan fingerprint density at radius 1 is 1.17 bits per heavy atom. The van der Waals surface area contributed by atoms with E-state index in [9.17, 15) is 4.79 Å². The number of nitrogens with zero attached hydrogens (tertiary/aromatic N) is 1. The van der Waals surface area contributed by atoms with Crippen LogP contribution in [-0.2, 0) is 4.79 Å². The summed E-state index contributed by atoms with van der Waals surface area (Å²) in [6, 6.07) is 0. The second kappa shape index (κ2) is 4.52. The molecule has 4 rings (SSSR count). The fourth-order valence-corrected chi connectivity index (χ4v) is 5.43. The highest BCUT2D eigenvalue weighted by Crippen LogP contribution is 2.57. The number of rotatable bonds is 4. The average Bonchev–Trinajstić information content (AvgIpc) is 2.27. The Morgan fingerprint density at radius 3 is 2.06 bits per heavy atom. The van der Waals surface area contributed by atoms with E-state index < -0.39 is 0 Å². The average molecular weight is 250 g/mol. The molecule has 0 radical (unpaired) electrons. The zero-order valence-corrected chi connectivity index (χ0v) is 11.5. The second-order valence-corrected chi connectivity index (χ2v) is 6.82. The van der Waals surface area contributed by atoms with Gasteiger partial charge in [0, 0.05) is 25.0 Å². The summed E-state index contributed by atoms with van der Waals surface area (Å²) in [5.74, 6) is 2.99. The van der Waals surface area contributed by atoms with Crippen molar-refractivity contribution in [2.24, 2.45) is 23.5 Å². The van der Waals surface area contributed by atoms with Crippen molar-refractivity contribution in [2.45, 2.75) is 57.4 Å². The monoisotopic (exact) mass is 250 g/mol. The second-order valence-electron chi connectivity index (χ2n) is 6.82. The number of carbonyl (C=O) groups is 1. The molecule has 0 aromatic heterocycles. The number of nitrogens with two attached hydrogens (primary N) is 1. The Balaban J connectivity index is 1.82. The van der Waals surface area contributed by atoms with Crippen LogP contribution >= 0.6 is 0 Å². The number of hydrogen-bond acceptors (Lipinski definition) is 2. The molecule has 0 spiro atoms. The topological polar surface area (TPSA) is 46.3 Å². The molecule has 4 bridgehead atoms. The number of hydrogen-bond donors (Lipinski definition) is 1. The van der Waals surface area contributed by atoms with Crippen molar-refractivity contribution < 1.29 is 4.79 Å². The minimum atomic E-state index is 0.218. The summed E-state index contributed by atoms with van der Waals surface area (Å²) < 4.78 is 0. The molecule has 3 nitrogen and oxygen atoms in total. The predicted molar refractivity (Wildman–Crippen MR) is 72.0 cm³/mol. The third-order valence-corrected chi connectivity index (χ3v) is 5.55. The Kier molecular flexibility index (Phi) is 3.13. The van der Waals surface area contributed by atoms with Gasteiger partial charge < -0.3 is 10.6 Å². The van der Waals surface area contributed by atoms with Gasteiger partial charge in [0.1, 0.15) is 0 Å². The van der Waals surface area contributed by atoms with Crippen LogP contribution in [0.15, 0.2) is 0 Å². The zero-order chi connectivity index (χ0) is 12.8. The summed E-state index contributed by atoms with van der Waals surface area (Å²) in [5, 5.41) is 0. The van der Waals surface area contributed by atoms with Crippen LogP contribution in [0.2, 0.25) is 0 Å². The molecule has 0 aliphatic heterocycles. The largest absolute Gasteiger partial charge is 0.337 e. The molecule has 0 unspecified atom stereocenters. The molecule has 0 atom stereocenters. The van der Waals surface area contributed by atoms with Crippen LogP contribution < -0.4 is 5.73 Å². The molecule has 0 aromatic rings. The Morgan fingerprint density at radius 2 is 1.67 bits per heavy atom. The smallest absolute Gasteiger partial charge is 0.224 e. The highest BCUT2D eigenvalue weighted by atomic mass is 16.2. The highest BCUT2D eigenvalue weighted by molar-refractivity contribution is 5.77. The maximum Gasteiger partial charge on any atom is 0.224 e. The van der Waals surface area contributed by atoms with Crippen molar-refractivity contribution in [1.29, 1.82) is 0 Å². The van der Waals surface area contributed by atoms with E-state index in [4.69, 9.17) is 5.73 Å². The Labute approximate surface area is 110 Å². The van der Waals surface area contributed by atoms with E-state index in [0.29, 0.717) is 18.9 Å². The van der Waals surface area contributed by atoms with E-state index >= 15 is 0 Å². The summed E-state index contributed by atoms with van der Waals surface area (Å²) in [6.07, 6.45) is 8.62. The van der Waals surface area contributed by atoms with E-state index in [1.54, 1.807) is 0 Å². The molecule has 2 N–H and O–H groups in total. The zero-order valence-electron chi connectivity index (χ0n) is 11.5. The van der Waals surface area contributed by atoms with Crippen molar-refractivity contribution in [2.75, 3.05) is 13.1 Å². The van der Waals surface area contributed by atoms with Crippen molar-refractivity contribution in [1.82, 2.24) is 4.90 Å². The third kappa shape index (κ3) is 1.87. The molecule has 4 aliphatic rings. The lowest BCUT2D eigenvalue weighted by molar-refractivity contribution is -0.150. The number of amides is 1. The van der Waals surface area contributed by atoms with Crippen LogP contribution in [0.5, 0.6) is 0 Å². The van der Waals surface area contributed by atoms with Crippen LogP contribution in [-0.4, -0.2) is 29.4 Å². The normalized spacial score (nSPS) is 41.1. The van der Waals surface area contributed by atoms with Gasteiger partial charge in [0.25, 0.3) is 0 Å². The van der Waals surface area contributed by atoms with Crippen LogP contribution in [0.1, 0.15) is 51.9 Å². The van der Waals surface area contributed by atoms with Crippen molar-refractivity contribution >= 4 is 5.91 Å². The molecule has 4 saturated carbocycles. The maximum absolute atomic E-state index is 12.3. The van der Waals surface area contributed by atoms with E-state index in [1.807, 2.05) is 0 Å². The summed E-state index contributed by atoms with van der Waals surface area (Å²) in [6.45, 7) is 3.49. The molecular weight excluding hydrogens is 224 g/mol. The van der Waals surface area contributed by atoms with E-state index in [1.165, 1.54) is 38.5 Å². The first-order chi connectivity index (χ1) is 8.66. The van der Waals surface area contributed by atoms with Gasteiger partial charge in [-0.1, -0.05) is 0 Å². The first-order valence-electron chi connectivity index (χ1n) is 7.67. The molecule has 1 amide bonds. The lowest BCUT2D eigenvalue weighted by atomic mass is 9.52. The summed E-state index contributed by atoms with van der Waals surface area (Å²) in [4.78, 5) is 14.5. The van der Waals surface area contributed by atoms with Crippen LogP contribution in [0.25, 0.3) is 0 Å². The quantitative estimate of drug-likeness (QED) is 0.831. The molecule has 18 heavy (non-hydrogen) atoms. The van der Waals surface area contributed by atoms with Gasteiger partial charge in [-0.3, -0.25) is 4.79 Å². The van der Waals surface area contributed by atoms with Gasteiger partial charge >= 0.3 is 0 Å².